The second kappa shape index (κ2) is 5.69. The molecule has 0 aliphatic rings. The van der Waals surface area contributed by atoms with Crippen LogP contribution in [0.25, 0.3) is 11.3 Å². The van der Waals surface area contributed by atoms with Crippen LogP contribution in [0.3, 0.4) is 0 Å². The number of furan rings is 1. The molecule has 0 radical (unpaired) electrons. The van der Waals surface area contributed by atoms with Crippen molar-refractivity contribution in [3.63, 3.8) is 0 Å². The lowest BCUT2D eigenvalue weighted by molar-refractivity contribution is 0.0693. The summed E-state index contributed by atoms with van der Waals surface area (Å²) in [6.07, 6.45) is 1.21. The van der Waals surface area contributed by atoms with Crippen molar-refractivity contribution >= 4 is 11.8 Å². The van der Waals surface area contributed by atoms with Gasteiger partial charge in [0.05, 0.1) is 5.56 Å². The fourth-order valence-corrected chi connectivity index (χ4v) is 2.28. The van der Waals surface area contributed by atoms with Gasteiger partial charge in [-0.1, -0.05) is 60.7 Å². The molecule has 4 heteroatoms. The van der Waals surface area contributed by atoms with Crippen LogP contribution in [0.5, 0.6) is 0 Å². The van der Waals surface area contributed by atoms with E-state index in [1.54, 1.807) is 54.6 Å². The van der Waals surface area contributed by atoms with Crippen LogP contribution in [-0.4, -0.2) is 16.9 Å². The Kier molecular flexibility index (Phi) is 3.58. The van der Waals surface area contributed by atoms with Gasteiger partial charge >= 0.3 is 5.97 Å². The Morgan fingerprint density at radius 3 is 2.05 bits per heavy atom. The summed E-state index contributed by atoms with van der Waals surface area (Å²) in [7, 11) is 0. The highest BCUT2D eigenvalue weighted by Crippen LogP contribution is 2.29. The van der Waals surface area contributed by atoms with Crippen LogP contribution in [0, 0.1) is 0 Å². The Balaban J connectivity index is 2.13. The maximum absolute atomic E-state index is 12.5. The van der Waals surface area contributed by atoms with Crippen molar-refractivity contribution < 1.29 is 19.1 Å². The minimum atomic E-state index is -1.19. The smallest absolute Gasteiger partial charge is 0.340 e. The fraction of sp³-hybridized carbons (Fsp3) is 0. The topological polar surface area (TPSA) is 67.5 Å². The summed E-state index contributed by atoms with van der Waals surface area (Å²) < 4.78 is 5.38. The van der Waals surface area contributed by atoms with E-state index in [0.717, 1.165) is 0 Å². The third-order valence-electron chi connectivity index (χ3n) is 3.32. The zero-order chi connectivity index (χ0) is 15.5. The van der Waals surface area contributed by atoms with Crippen LogP contribution in [0.1, 0.15) is 26.3 Å². The SMILES string of the molecule is O=C(c1ccccc1)c1coc(-c2ccccc2)c1C(=O)O. The number of hydrogen-bond donors (Lipinski definition) is 1. The van der Waals surface area contributed by atoms with Gasteiger partial charge in [-0.25, -0.2) is 4.79 Å². The number of carbonyl (C=O) groups is 2. The van der Waals surface area contributed by atoms with Gasteiger partial charge < -0.3 is 9.52 Å². The third-order valence-corrected chi connectivity index (χ3v) is 3.32. The van der Waals surface area contributed by atoms with Crippen LogP contribution < -0.4 is 0 Å². The molecule has 0 aliphatic heterocycles. The van der Waals surface area contributed by atoms with Crippen LogP contribution in [-0.2, 0) is 0 Å². The van der Waals surface area contributed by atoms with Crippen LogP contribution in [0.2, 0.25) is 0 Å². The Bertz CT molecular complexity index is 817. The van der Waals surface area contributed by atoms with Gasteiger partial charge in [0.25, 0.3) is 0 Å². The highest BCUT2D eigenvalue weighted by atomic mass is 16.4. The summed E-state index contributed by atoms with van der Waals surface area (Å²) in [5.74, 6) is -1.37. The van der Waals surface area contributed by atoms with E-state index in [1.165, 1.54) is 6.26 Å². The molecule has 0 atom stereocenters. The largest absolute Gasteiger partial charge is 0.478 e. The van der Waals surface area contributed by atoms with Gasteiger partial charge in [-0.15, -0.1) is 0 Å². The Morgan fingerprint density at radius 1 is 0.864 bits per heavy atom. The van der Waals surface area contributed by atoms with Crippen LogP contribution >= 0.6 is 0 Å². The van der Waals surface area contributed by atoms with Gasteiger partial charge in [-0.05, 0) is 0 Å². The van der Waals surface area contributed by atoms with Gasteiger partial charge in [0.1, 0.15) is 17.6 Å². The number of carboxylic acid groups (broad SMARTS) is 1. The monoisotopic (exact) mass is 292 g/mol. The van der Waals surface area contributed by atoms with Gasteiger partial charge in [0.15, 0.2) is 5.78 Å². The van der Waals surface area contributed by atoms with Crippen molar-refractivity contribution in [3.05, 3.63) is 83.6 Å². The molecule has 1 heterocycles. The van der Waals surface area contributed by atoms with E-state index >= 15 is 0 Å². The average molecular weight is 292 g/mol. The Morgan fingerprint density at radius 2 is 1.45 bits per heavy atom. The molecule has 108 valence electrons. The first-order chi connectivity index (χ1) is 10.7. The van der Waals surface area contributed by atoms with E-state index in [9.17, 15) is 14.7 Å². The normalized spacial score (nSPS) is 10.4. The first kappa shape index (κ1) is 13.8. The van der Waals surface area contributed by atoms with E-state index < -0.39 is 5.97 Å². The number of benzene rings is 2. The lowest BCUT2D eigenvalue weighted by Gasteiger charge is -2.02. The molecule has 0 aliphatic carbocycles. The number of aromatic carboxylic acids is 1. The van der Waals surface area contributed by atoms with E-state index in [1.807, 2.05) is 6.07 Å². The third kappa shape index (κ3) is 2.42. The molecule has 1 N–H and O–H groups in total. The second-order valence-electron chi connectivity index (χ2n) is 4.72. The number of hydrogen-bond acceptors (Lipinski definition) is 3. The van der Waals surface area contributed by atoms with Crippen molar-refractivity contribution in [2.75, 3.05) is 0 Å². The van der Waals surface area contributed by atoms with Gasteiger partial charge in [0, 0.05) is 11.1 Å². The zero-order valence-electron chi connectivity index (χ0n) is 11.5. The van der Waals surface area contributed by atoms with Gasteiger partial charge in [0.2, 0.25) is 0 Å². The van der Waals surface area contributed by atoms with Gasteiger partial charge in [-0.2, -0.15) is 0 Å². The summed E-state index contributed by atoms with van der Waals surface area (Å²) in [4.78, 5) is 24.1. The van der Waals surface area contributed by atoms with Crippen LogP contribution in [0.4, 0.5) is 0 Å². The first-order valence-corrected chi connectivity index (χ1v) is 6.68. The standard InChI is InChI=1S/C18H12O4/c19-16(12-7-3-1-4-8-12)14-11-22-17(15(14)18(20)21)13-9-5-2-6-10-13/h1-11H,(H,20,21). The molecule has 0 spiro atoms. The summed E-state index contributed by atoms with van der Waals surface area (Å²) >= 11 is 0. The molecule has 0 saturated carbocycles. The summed E-state index contributed by atoms with van der Waals surface area (Å²) in [6.45, 7) is 0. The van der Waals surface area contributed by atoms with Crippen molar-refractivity contribution in [1.29, 1.82) is 0 Å². The summed E-state index contributed by atoms with van der Waals surface area (Å²) in [6, 6.07) is 17.4. The predicted octanol–water partition coefficient (Wildman–Crippen LogP) is 3.88. The number of carbonyl (C=O) groups excluding carboxylic acids is 1. The van der Waals surface area contributed by atoms with Crippen molar-refractivity contribution in [2.24, 2.45) is 0 Å². The van der Waals surface area contributed by atoms with E-state index in [0.29, 0.717) is 11.1 Å². The minimum absolute atomic E-state index is 0.0533. The molecule has 22 heavy (non-hydrogen) atoms. The first-order valence-electron chi connectivity index (χ1n) is 6.68. The Hall–Kier alpha value is -3.14. The molecule has 0 unspecified atom stereocenters. The van der Waals surface area contributed by atoms with Crippen molar-refractivity contribution in [1.82, 2.24) is 0 Å². The molecule has 0 bridgehead atoms. The molecule has 0 fully saturated rings. The molecule has 2 aromatic carbocycles. The lowest BCUT2D eigenvalue weighted by atomic mass is 9.99. The van der Waals surface area contributed by atoms with Crippen LogP contribution in [0.15, 0.2) is 71.3 Å². The molecule has 3 aromatic rings. The van der Waals surface area contributed by atoms with Crippen molar-refractivity contribution in [3.8, 4) is 11.3 Å². The number of ketones is 1. The van der Waals surface area contributed by atoms with Crippen molar-refractivity contribution in [2.45, 2.75) is 0 Å². The predicted molar refractivity (Wildman–Crippen MR) is 81.0 cm³/mol. The fourth-order valence-electron chi connectivity index (χ4n) is 2.28. The zero-order valence-corrected chi connectivity index (χ0v) is 11.5. The second-order valence-corrected chi connectivity index (χ2v) is 4.72. The molecule has 4 nitrogen and oxygen atoms in total. The molecular weight excluding hydrogens is 280 g/mol. The Labute approximate surface area is 126 Å². The molecular formula is C18H12O4. The maximum atomic E-state index is 12.5. The highest BCUT2D eigenvalue weighted by Gasteiger charge is 2.26. The lowest BCUT2D eigenvalue weighted by Crippen LogP contribution is -2.08. The number of rotatable bonds is 4. The van der Waals surface area contributed by atoms with Gasteiger partial charge in [-0.3, -0.25) is 4.79 Å². The summed E-state index contributed by atoms with van der Waals surface area (Å²) in [5, 5.41) is 9.48. The maximum Gasteiger partial charge on any atom is 0.340 e. The van der Waals surface area contributed by atoms with E-state index in [4.69, 9.17) is 4.42 Å². The average Bonchev–Trinajstić information content (AvgIpc) is 3.01. The van der Waals surface area contributed by atoms with E-state index in [-0.39, 0.29) is 22.7 Å². The highest BCUT2D eigenvalue weighted by molar-refractivity contribution is 6.15. The summed E-state index contributed by atoms with van der Waals surface area (Å²) in [5.41, 5.74) is 0.982. The molecule has 3 rings (SSSR count). The number of carboxylic acids is 1. The van der Waals surface area contributed by atoms with E-state index in [2.05, 4.69) is 0 Å². The quantitative estimate of drug-likeness (QED) is 0.741. The molecule has 1 aromatic heterocycles. The minimum Gasteiger partial charge on any atom is -0.478 e. The molecule has 0 saturated heterocycles. The molecule has 0 amide bonds.